The lowest BCUT2D eigenvalue weighted by Crippen LogP contribution is -2.24. The molecule has 154 valence electrons. The third kappa shape index (κ3) is 5.21. The summed E-state index contributed by atoms with van der Waals surface area (Å²) in [6, 6.07) is 7.29. The average molecular weight is 501 g/mol. The van der Waals surface area contributed by atoms with Crippen molar-refractivity contribution in [2.75, 3.05) is 7.11 Å². The van der Waals surface area contributed by atoms with Crippen molar-refractivity contribution >= 4 is 43.3 Å². The summed E-state index contributed by atoms with van der Waals surface area (Å²) in [5.74, 6) is -0.395. The van der Waals surface area contributed by atoms with Crippen molar-refractivity contribution in [1.29, 1.82) is 0 Å². The number of aromatic hydroxyl groups is 1. The quantitative estimate of drug-likeness (QED) is 0.454. The smallest absolute Gasteiger partial charge is 0.331 e. The molecule has 0 saturated carbocycles. The third-order valence-corrected chi connectivity index (χ3v) is 8.06. The largest absolute Gasteiger partial charge is 0.508 e. The SMILES string of the molecule is COC(=O)[C@H](Cc1ccc(O)cc1)n1cc(CNS(=O)(=O)c2sccc2Br)nn1. The molecule has 0 radical (unpaired) electrons. The number of halogens is 1. The predicted molar refractivity (Wildman–Crippen MR) is 109 cm³/mol. The number of benzene rings is 1. The highest BCUT2D eigenvalue weighted by Gasteiger charge is 2.24. The number of hydrogen-bond acceptors (Lipinski definition) is 8. The lowest BCUT2D eigenvalue weighted by atomic mass is 10.1. The average Bonchev–Trinajstić information content (AvgIpc) is 3.35. The number of nitrogens with zero attached hydrogens (tertiary/aromatic N) is 3. The van der Waals surface area contributed by atoms with E-state index in [1.165, 1.54) is 30.1 Å². The molecule has 1 atom stereocenters. The van der Waals surface area contributed by atoms with Crippen molar-refractivity contribution in [2.24, 2.45) is 0 Å². The Kier molecular flexibility index (Phi) is 6.67. The first kappa shape index (κ1) is 21.4. The van der Waals surface area contributed by atoms with Gasteiger partial charge in [0.05, 0.1) is 25.5 Å². The zero-order valence-electron chi connectivity index (χ0n) is 15.1. The number of esters is 1. The van der Waals surface area contributed by atoms with Gasteiger partial charge in [0.15, 0.2) is 6.04 Å². The van der Waals surface area contributed by atoms with Crippen molar-refractivity contribution in [3.05, 3.63) is 57.6 Å². The molecule has 0 unspecified atom stereocenters. The minimum absolute atomic E-state index is 0.0836. The zero-order chi connectivity index (χ0) is 21.0. The molecule has 12 heteroatoms. The summed E-state index contributed by atoms with van der Waals surface area (Å²) in [6.45, 7) is -0.0836. The highest BCUT2D eigenvalue weighted by Crippen LogP contribution is 2.27. The van der Waals surface area contributed by atoms with Gasteiger partial charge in [-0.25, -0.2) is 22.6 Å². The first-order valence-corrected chi connectivity index (χ1v) is 11.4. The second-order valence-electron chi connectivity index (χ2n) is 5.98. The standard InChI is InChI=1S/C17H17BrN4O5S2/c1-27-16(24)15(8-11-2-4-13(23)5-3-11)22-10-12(20-21-22)9-19-29(25,26)17-14(18)6-7-28-17/h2-7,10,15,19,23H,8-9H2,1H3/t15-/m0/s1. The van der Waals surface area contributed by atoms with E-state index in [0.717, 1.165) is 16.9 Å². The highest BCUT2D eigenvalue weighted by atomic mass is 79.9. The molecule has 3 aromatic rings. The van der Waals surface area contributed by atoms with Gasteiger partial charge in [0.25, 0.3) is 10.0 Å². The van der Waals surface area contributed by atoms with Crippen molar-refractivity contribution in [3.63, 3.8) is 0 Å². The number of rotatable bonds is 8. The second kappa shape index (κ2) is 9.03. The molecule has 2 aromatic heterocycles. The van der Waals surface area contributed by atoms with Crippen LogP contribution in [0.4, 0.5) is 0 Å². The van der Waals surface area contributed by atoms with Crippen LogP contribution in [0.3, 0.4) is 0 Å². The fraction of sp³-hybridized carbons (Fsp3) is 0.235. The van der Waals surface area contributed by atoms with Gasteiger partial charge in [0.2, 0.25) is 0 Å². The van der Waals surface area contributed by atoms with Gasteiger partial charge in [-0.2, -0.15) is 0 Å². The van der Waals surface area contributed by atoms with Gasteiger partial charge >= 0.3 is 5.97 Å². The number of ether oxygens (including phenoxy) is 1. The van der Waals surface area contributed by atoms with Crippen LogP contribution in [0.5, 0.6) is 5.75 Å². The van der Waals surface area contributed by atoms with Gasteiger partial charge < -0.3 is 9.84 Å². The summed E-state index contributed by atoms with van der Waals surface area (Å²) in [6.07, 6.45) is 1.76. The van der Waals surface area contributed by atoms with Crippen LogP contribution in [0, 0.1) is 0 Å². The Balaban J connectivity index is 1.74. The summed E-state index contributed by atoms with van der Waals surface area (Å²) >= 11 is 4.30. The molecule has 0 aliphatic carbocycles. The number of carbonyl (C=O) groups is 1. The Labute approximate surface area is 179 Å². The van der Waals surface area contributed by atoms with Gasteiger partial charge in [0, 0.05) is 10.9 Å². The molecule has 0 aliphatic heterocycles. The molecule has 0 bridgehead atoms. The molecule has 3 rings (SSSR count). The molecule has 0 amide bonds. The zero-order valence-corrected chi connectivity index (χ0v) is 18.4. The van der Waals surface area contributed by atoms with Crippen molar-refractivity contribution in [1.82, 2.24) is 19.7 Å². The molecule has 0 aliphatic rings. The maximum atomic E-state index is 12.4. The fourth-order valence-corrected chi connectivity index (χ4v) is 5.91. The van der Waals surface area contributed by atoms with Crippen LogP contribution in [-0.4, -0.2) is 41.6 Å². The first-order valence-electron chi connectivity index (χ1n) is 8.29. The lowest BCUT2D eigenvalue weighted by Gasteiger charge is -2.14. The van der Waals surface area contributed by atoms with Crippen molar-refractivity contribution < 1.29 is 23.1 Å². The van der Waals surface area contributed by atoms with Crippen LogP contribution in [0.15, 0.2) is 50.6 Å². The van der Waals surface area contributed by atoms with Gasteiger partial charge in [-0.15, -0.1) is 16.4 Å². The molecule has 9 nitrogen and oxygen atoms in total. The minimum atomic E-state index is -3.70. The van der Waals surface area contributed by atoms with Crippen molar-refractivity contribution in [3.8, 4) is 5.75 Å². The Morgan fingerprint density at radius 1 is 1.34 bits per heavy atom. The van der Waals surface area contributed by atoms with Gasteiger partial charge in [-0.1, -0.05) is 17.3 Å². The number of carbonyl (C=O) groups excluding carboxylic acids is 1. The molecule has 0 spiro atoms. The number of nitrogens with one attached hydrogen (secondary N) is 1. The van der Waals surface area contributed by atoms with Crippen LogP contribution in [0.1, 0.15) is 17.3 Å². The summed E-state index contributed by atoms with van der Waals surface area (Å²) in [5, 5.41) is 19.0. The summed E-state index contributed by atoms with van der Waals surface area (Å²) in [4.78, 5) is 12.2. The summed E-state index contributed by atoms with van der Waals surface area (Å²) in [7, 11) is -2.43. The Morgan fingerprint density at radius 2 is 2.07 bits per heavy atom. The van der Waals surface area contributed by atoms with E-state index >= 15 is 0 Å². The summed E-state index contributed by atoms with van der Waals surface area (Å²) in [5.41, 5.74) is 1.14. The van der Waals surface area contributed by atoms with E-state index in [2.05, 4.69) is 31.0 Å². The topological polar surface area (TPSA) is 123 Å². The monoisotopic (exact) mass is 500 g/mol. The number of thiophene rings is 1. The van der Waals surface area contributed by atoms with Crippen LogP contribution >= 0.6 is 27.3 Å². The van der Waals surface area contributed by atoms with E-state index < -0.39 is 22.0 Å². The van der Waals surface area contributed by atoms with E-state index in [1.54, 1.807) is 23.6 Å². The normalized spacial score (nSPS) is 12.6. The van der Waals surface area contributed by atoms with Crippen LogP contribution in [0.25, 0.3) is 0 Å². The molecular weight excluding hydrogens is 484 g/mol. The van der Waals surface area contributed by atoms with Crippen LogP contribution < -0.4 is 4.72 Å². The molecule has 0 saturated heterocycles. The van der Waals surface area contributed by atoms with E-state index in [4.69, 9.17) is 4.74 Å². The maximum absolute atomic E-state index is 12.4. The van der Waals surface area contributed by atoms with E-state index in [1.807, 2.05) is 0 Å². The van der Waals surface area contributed by atoms with E-state index in [-0.39, 0.29) is 22.9 Å². The lowest BCUT2D eigenvalue weighted by molar-refractivity contribution is -0.144. The minimum Gasteiger partial charge on any atom is -0.508 e. The second-order valence-corrected chi connectivity index (χ2v) is 9.71. The Hall–Kier alpha value is -2.28. The van der Waals surface area contributed by atoms with Crippen molar-refractivity contribution in [2.45, 2.75) is 23.2 Å². The van der Waals surface area contributed by atoms with Crippen LogP contribution in [0.2, 0.25) is 0 Å². The number of aromatic nitrogens is 3. The molecule has 0 fully saturated rings. The van der Waals surface area contributed by atoms with Gasteiger partial charge in [-0.05, 0) is 45.1 Å². The predicted octanol–water partition coefficient (Wildman–Crippen LogP) is 2.24. The molecule has 1 aromatic carbocycles. The maximum Gasteiger partial charge on any atom is 0.331 e. The Morgan fingerprint density at radius 3 is 2.69 bits per heavy atom. The molecular formula is C17H17BrN4O5S2. The van der Waals surface area contributed by atoms with E-state index in [9.17, 15) is 18.3 Å². The summed E-state index contributed by atoms with van der Waals surface area (Å²) < 4.78 is 34.1. The molecule has 29 heavy (non-hydrogen) atoms. The number of phenols is 1. The molecule has 2 N–H and O–H groups in total. The number of methoxy groups -OCH3 is 1. The van der Waals surface area contributed by atoms with E-state index in [0.29, 0.717) is 10.2 Å². The third-order valence-electron chi connectivity index (χ3n) is 3.99. The fourth-order valence-electron chi connectivity index (χ4n) is 2.53. The molecule has 2 heterocycles. The van der Waals surface area contributed by atoms with Gasteiger partial charge in [0.1, 0.15) is 9.96 Å². The highest BCUT2D eigenvalue weighted by molar-refractivity contribution is 9.10. The first-order chi connectivity index (χ1) is 13.8. The van der Waals surface area contributed by atoms with Gasteiger partial charge in [-0.3, -0.25) is 0 Å². The van der Waals surface area contributed by atoms with Crippen LogP contribution in [-0.2, 0) is 32.5 Å². The Bertz CT molecular complexity index is 1100. The number of sulfonamides is 1. The number of hydrogen-bond donors (Lipinski definition) is 2. The number of phenolic OH excluding ortho intramolecular Hbond substituents is 1.